The smallest absolute Gasteiger partial charge is 0.254 e. The van der Waals surface area contributed by atoms with Crippen LogP contribution in [0.5, 0.6) is 0 Å². The highest BCUT2D eigenvalue weighted by Gasteiger charge is 2.32. The highest BCUT2D eigenvalue weighted by Crippen LogP contribution is 2.24. The van der Waals surface area contributed by atoms with Crippen molar-refractivity contribution in [3.05, 3.63) is 107 Å². The lowest BCUT2D eigenvalue weighted by Crippen LogP contribution is -2.52. The van der Waals surface area contributed by atoms with Gasteiger partial charge in [0.2, 0.25) is 0 Å². The van der Waals surface area contributed by atoms with Gasteiger partial charge in [-0.2, -0.15) is 0 Å². The molecule has 3 aromatic rings. The number of likely N-dealkylation sites (tertiary alicyclic amines) is 1. The lowest BCUT2D eigenvalue weighted by molar-refractivity contribution is 0.0577. The second-order valence-corrected chi connectivity index (χ2v) is 9.13. The fraction of sp³-hybridized carbons (Fsp3) is 0.367. The van der Waals surface area contributed by atoms with Crippen LogP contribution in [0.3, 0.4) is 0 Å². The molecule has 4 rings (SSSR count). The average molecular weight is 443 g/mol. The second kappa shape index (κ2) is 11.8. The molecule has 1 fully saturated rings. The number of benzene rings is 3. The van der Waals surface area contributed by atoms with Gasteiger partial charge in [-0.15, -0.1) is 0 Å². The number of hydrogen-bond acceptors (Lipinski definition) is 2. The van der Waals surface area contributed by atoms with E-state index in [1.54, 1.807) is 0 Å². The van der Waals surface area contributed by atoms with Crippen LogP contribution in [0.15, 0.2) is 78.9 Å². The summed E-state index contributed by atoms with van der Waals surface area (Å²) < 4.78 is 0. The van der Waals surface area contributed by atoms with Crippen molar-refractivity contribution in [3.63, 3.8) is 0 Å². The molecule has 0 radical (unpaired) electrons. The van der Waals surface area contributed by atoms with Crippen LogP contribution in [0.4, 0.5) is 0 Å². The molecule has 174 valence electrons. The number of piperidine rings is 1. The molecule has 1 saturated heterocycles. The first-order valence-electron chi connectivity index (χ1n) is 11.8. The van der Waals surface area contributed by atoms with Crippen LogP contribution in [0.2, 0.25) is 0 Å². The molecule has 0 saturated carbocycles. The zero-order chi connectivity index (χ0) is 22.3. The third-order valence-electron chi connectivity index (χ3n) is 6.45. The van der Waals surface area contributed by atoms with Crippen molar-refractivity contribution < 1.29 is 4.79 Å². The minimum Gasteiger partial charge on any atom is -0.335 e. The number of nitrogens with one attached hydrogen (secondary N) is 1. The third-order valence-corrected chi connectivity index (χ3v) is 6.45. The predicted octanol–water partition coefficient (Wildman–Crippen LogP) is 5.99. The number of carbonyl (C=O) groups excluding carboxylic acids is 1. The summed E-state index contributed by atoms with van der Waals surface area (Å²) in [4.78, 5) is 15.6. The molecule has 1 amide bonds. The molecule has 3 nitrogen and oxygen atoms in total. The molecule has 0 aromatic heterocycles. The number of aryl methyl sites for hydroxylation is 2. The molecule has 1 N–H and O–H groups in total. The SMILES string of the molecule is C.Cc1cc(C)cc(C(=O)N2CCC(NCCc3ccccc3)C[C@H]2Cc2ccccc2)c1. The average Bonchev–Trinajstić information content (AvgIpc) is 2.80. The summed E-state index contributed by atoms with van der Waals surface area (Å²) in [6, 6.07) is 28.0. The minimum atomic E-state index is 0. The summed E-state index contributed by atoms with van der Waals surface area (Å²) >= 11 is 0. The van der Waals surface area contributed by atoms with Crippen molar-refractivity contribution in [2.24, 2.45) is 0 Å². The molecule has 33 heavy (non-hydrogen) atoms. The molecule has 0 aliphatic carbocycles. The monoisotopic (exact) mass is 442 g/mol. The summed E-state index contributed by atoms with van der Waals surface area (Å²) in [7, 11) is 0. The number of amides is 1. The summed E-state index contributed by atoms with van der Waals surface area (Å²) in [6.45, 7) is 5.90. The van der Waals surface area contributed by atoms with Gasteiger partial charge in [-0.1, -0.05) is 85.3 Å². The Morgan fingerprint density at radius 2 is 1.52 bits per heavy atom. The normalized spacial score (nSPS) is 17.9. The van der Waals surface area contributed by atoms with Gasteiger partial charge < -0.3 is 10.2 Å². The Bertz CT molecular complexity index is 996. The minimum absolute atomic E-state index is 0. The van der Waals surface area contributed by atoms with Crippen LogP contribution in [-0.2, 0) is 12.8 Å². The van der Waals surface area contributed by atoms with Crippen molar-refractivity contribution in [1.29, 1.82) is 0 Å². The fourth-order valence-corrected chi connectivity index (χ4v) is 4.91. The number of nitrogens with zero attached hydrogens (tertiary/aromatic N) is 1. The van der Waals surface area contributed by atoms with E-state index in [0.717, 1.165) is 55.5 Å². The highest BCUT2D eigenvalue weighted by molar-refractivity contribution is 5.95. The Hall–Kier alpha value is -2.91. The summed E-state index contributed by atoms with van der Waals surface area (Å²) in [5.41, 5.74) is 5.76. The molecule has 1 aliphatic rings. The molecular formula is C30H38N2O. The maximum atomic E-state index is 13.5. The van der Waals surface area contributed by atoms with Gasteiger partial charge in [0, 0.05) is 24.2 Å². The third kappa shape index (κ3) is 6.79. The Morgan fingerprint density at radius 3 is 2.15 bits per heavy atom. The molecule has 3 aromatic carbocycles. The largest absolute Gasteiger partial charge is 0.335 e. The van der Waals surface area contributed by atoms with E-state index in [-0.39, 0.29) is 19.4 Å². The summed E-state index contributed by atoms with van der Waals surface area (Å²) in [5, 5.41) is 3.77. The van der Waals surface area contributed by atoms with Crippen LogP contribution in [-0.4, -0.2) is 36.0 Å². The zero-order valence-corrected chi connectivity index (χ0v) is 19.3. The van der Waals surface area contributed by atoms with Crippen LogP contribution in [0.1, 0.15) is 52.9 Å². The van der Waals surface area contributed by atoms with E-state index in [9.17, 15) is 4.79 Å². The van der Waals surface area contributed by atoms with Crippen molar-refractivity contribution >= 4 is 5.91 Å². The molecule has 0 bridgehead atoms. The predicted molar refractivity (Wildman–Crippen MR) is 139 cm³/mol. The molecular weight excluding hydrogens is 404 g/mol. The second-order valence-electron chi connectivity index (χ2n) is 9.13. The number of carbonyl (C=O) groups is 1. The molecule has 1 heterocycles. The van der Waals surface area contributed by atoms with Crippen LogP contribution < -0.4 is 5.32 Å². The Kier molecular flexibility index (Phi) is 8.85. The van der Waals surface area contributed by atoms with Gasteiger partial charge in [0.1, 0.15) is 0 Å². The van der Waals surface area contributed by atoms with Gasteiger partial charge >= 0.3 is 0 Å². The van der Waals surface area contributed by atoms with Gasteiger partial charge in [-0.05, 0) is 69.3 Å². The molecule has 1 aliphatic heterocycles. The first-order valence-corrected chi connectivity index (χ1v) is 11.8. The van der Waals surface area contributed by atoms with E-state index in [1.165, 1.54) is 11.1 Å². The lowest BCUT2D eigenvalue weighted by atomic mass is 9.91. The topological polar surface area (TPSA) is 32.3 Å². The van der Waals surface area contributed by atoms with Crippen LogP contribution in [0.25, 0.3) is 0 Å². The van der Waals surface area contributed by atoms with Crippen molar-refractivity contribution in [3.8, 4) is 0 Å². The molecule has 3 heteroatoms. The van der Waals surface area contributed by atoms with Gasteiger partial charge in [0.05, 0.1) is 0 Å². The van der Waals surface area contributed by atoms with Crippen molar-refractivity contribution in [2.75, 3.05) is 13.1 Å². The Morgan fingerprint density at radius 1 is 0.909 bits per heavy atom. The van der Waals surface area contributed by atoms with Gasteiger partial charge in [0.15, 0.2) is 0 Å². The number of hydrogen-bond donors (Lipinski definition) is 1. The van der Waals surface area contributed by atoms with Gasteiger partial charge in [-0.25, -0.2) is 0 Å². The lowest BCUT2D eigenvalue weighted by Gasteiger charge is -2.40. The van der Waals surface area contributed by atoms with E-state index < -0.39 is 0 Å². The van der Waals surface area contributed by atoms with Crippen molar-refractivity contribution in [2.45, 2.75) is 59.0 Å². The Balaban J connectivity index is 0.00000306. The van der Waals surface area contributed by atoms with Gasteiger partial charge in [-0.3, -0.25) is 4.79 Å². The van der Waals surface area contributed by atoms with Crippen LogP contribution in [0, 0.1) is 13.8 Å². The summed E-state index contributed by atoms with van der Waals surface area (Å²) in [6.07, 6.45) is 3.91. The quantitative estimate of drug-likeness (QED) is 0.488. The van der Waals surface area contributed by atoms with E-state index in [2.05, 4.69) is 90.8 Å². The van der Waals surface area contributed by atoms with E-state index >= 15 is 0 Å². The molecule has 2 atom stereocenters. The molecule has 0 spiro atoms. The maximum Gasteiger partial charge on any atom is 0.254 e. The van der Waals surface area contributed by atoms with Crippen LogP contribution >= 0.6 is 0 Å². The van der Waals surface area contributed by atoms with E-state index in [1.807, 2.05) is 12.1 Å². The first-order chi connectivity index (χ1) is 15.6. The maximum absolute atomic E-state index is 13.5. The first kappa shape index (κ1) is 24.7. The summed E-state index contributed by atoms with van der Waals surface area (Å²) in [5.74, 6) is 0.167. The highest BCUT2D eigenvalue weighted by atomic mass is 16.2. The Labute approximate surface area is 199 Å². The zero-order valence-electron chi connectivity index (χ0n) is 19.3. The fourth-order valence-electron chi connectivity index (χ4n) is 4.91. The van der Waals surface area contributed by atoms with Gasteiger partial charge in [0.25, 0.3) is 5.91 Å². The van der Waals surface area contributed by atoms with E-state index in [4.69, 9.17) is 0 Å². The molecule has 1 unspecified atom stereocenters. The van der Waals surface area contributed by atoms with Crippen molar-refractivity contribution in [1.82, 2.24) is 10.2 Å². The number of rotatable bonds is 7. The van der Waals surface area contributed by atoms with E-state index in [0.29, 0.717) is 6.04 Å². The standard InChI is InChI=1S/C29H34N2O.CH4/c1-22-17-23(2)19-26(18-22)29(32)31-16-14-27(30-15-13-24-9-5-3-6-10-24)21-28(31)20-25-11-7-4-8-12-25;/h3-12,17-19,27-28,30H,13-16,20-21H2,1-2H3;1H4/t27?,28-;/m1./s1.